The Morgan fingerprint density at radius 3 is 2.50 bits per heavy atom. The maximum absolute atomic E-state index is 13.0. The van der Waals surface area contributed by atoms with E-state index in [9.17, 15) is 14.0 Å². The Bertz CT molecular complexity index is 775. The molecule has 0 aromatic heterocycles. The third-order valence-corrected chi connectivity index (χ3v) is 4.35. The normalized spacial score (nSPS) is 17.2. The summed E-state index contributed by atoms with van der Waals surface area (Å²) in [6.45, 7) is 2.76. The van der Waals surface area contributed by atoms with Crippen LogP contribution in [-0.2, 0) is 27.4 Å². The van der Waals surface area contributed by atoms with Crippen LogP contribution in [0.4, 0.5) is 4.39 Å². The third-order valence-electron chi connectivity index (χ3n) is 4.35. The van der Waals surface area contributed by atoms with Crippen molar-refractivity contribution >= 4 is 11.8 Å². The monoisotopic (exact) mass is 356 g/mol. The molecule has 2 aromatic carbocycles. The van der Waals surface area contributed by atoms with E-state index in [-0.39, 0.29) is 37.4 Å². The number of ether oxygens (including phenoxy) is 1. The lowest BCUT2D eigenvalue weighted by molar-refractivity contribution is -0.155. The summed E-state index contributed by atoms with van der Waals surface area (Å²) in [5.74, 6) is -0.816. The summed E-state index contributed by atoms with van der Waals surface area (Å²) in [6, 6.07) is 13.1. The van der Waals surface area contributed by atoms with Crippen LogP contribution in [-0.4, -0.2) is 36.0 Å². The summed E-state index contributed by atoms with van der Waals surface area (Å²) < 4.78 is 18.2. The molecule has 0 spiro atoms. The van der Waals surface area contributed by atoms with Gasteiger partial charge in [-0.2, -0.15) is 0 Å². The topological polar surface area (TPSA) is 58.6 Å². The molecule has 26 heavy (non-hydrogen) atoms. The van der Waals surface area contributed by atoms with E-state index in [1.807, 2.05) is 31.2 Å². The summed E-state index contributed by atoms with van der Waals surface area (Å²) in [5, 5.41) is 2.80. The number of carbonyl (C=O) groups excluding carboxylic acids is 2. The first kappa shape index (κ1) is 18.1. The third kappa shape index (κ3) is 4.46. The molecule has 1 heterocycles. The lowest BCUT2D eigenvalue weighted by Gasteiger charge is -2.34. The molecule has 0 radical (unpaired) electrons. The van der Waals surface area contributed by atoms with Gasteiger partial charge in [-0.25, -0.2) is 4.39 Å². The number of benzene rings is 2. The molecule has 5 nitrogen and oxygen atoms in total. The number of carbonyl (C=O) groups is 2. The van der Waals surface area contributed by atoms with Gasteiger partial charge in [0.25, 0.3) is 0 Å². The van der Waals surface area contributed by atoms with E-state index in [4.69, 9.17) is 4.74 Å². The minimum absolute atomic E-state index is 0.0202. The van der Waals surface area contributed by atoms with E-state index in [2.05, 4.69) is 5.32 Å². The number of nitrogens with zero attached hydrogens (tertiary/aromatic N) is 1. The van der Waals surface area contributed by atoms with Crippen molar-refractivity contribution in [3.63, 3.8) is 0 Å². The minimum atomic E-state index is -0.682. The summed E-state index contributed by atoms with van der Waals surface area (Å²) >= 11 is 0. The van der Waals surface area contributed by atoms with Gasteiger partial charge in [-0.15, -0.1) is 0 Å². The Hall–Kier alpha value is -2.73. The molecular formula is C20H21FN2O3. The zero-order valence-corrected chi connectivity index (χ0v) is 14.6. The van der Waals surface area contributed by atoms with E-state index < -0.39 is 6.04 Å². The largest absolute Gasteiger partial charge is 0.369 e. The lowest BCUT2D eigenvalue weighted by atomic mass is 10.1. The van der Waals surface area contributed by atoms with Gasteiger partial charge in [-0.1, -0.05) is 42.0 Å². The van der Waals surface area contributed by atoms with Gasteiger partial charge in [0.05, 0.1) is 6.61 Å². The molecule has 1 aliphatic rings. The quantitative estimate of drug-likeness (QED) is 0.893. The fourth-order valence-corrected chi connectivity index (χ4v) is 2.82. The molecule has 2 aromatic rings. The van der Waals surface area contributed by atoms with Gasteiger partial charge >= 0.3 is 0 Å². The Morgan fingerprint density at radius 1 is 1.15 bits per heavy atom. The van der Waals surface area contributed by atoms with Crippen LogP contribution in [0.15, 0.2) is 48.5 Å². The molecule has 1 N–H and O–H groups in total. The van der Waals surface area contributed by atoms with Crippen molar-refractivity contribution in [3.8, 4) is 0 Å². The highest BCUT2D eigenvalue weighted by atomic mass is 19.1. The maximum Gasteiger partial charge on any atom is 0.249 e. The van der Waals surface area contributed by atoms with E-state index in [0.29, 0.717) is 6.54 Å². The fraction of sp³-hybridized carbons (Fsp3) is 0.300. The number of hydrogen-bond donors (Lipinski definition) is 1. The Kier molecular flexibility index (Phi) is 5.63. The van der Waals surface area contributed by atoms with E-state index in [1.165, 1.54) is 12.1 Å². The van der Waals surface area contributed by atoms with Gasteiger partial charge in [0.15, 0.2) is 0 Å². The van der Waals surface area contributed by atoms with Crippen molar-refractivity contribution in [1.29, 1.82) is 0 Å². The second-order valence-corrected chi connectivity index (χ2v) is 6.38. The molecular weight excluding hydrogens is 335 g/mol. The summed E-state index contributed by atoms with van der Waals surface area (Å²) in [7, 11) is 0. The smallest absolute Gasteiger partial charge is 0.249 e. The molecule has 1 aliphatic heterocycles. The van der Waals surface area contributed by atoms with Gasteiger partial charge in [0.2, 0.25) is 11.8 Å². The van der Waals surface area contributed by atoms with Gasteiger partial charge in [-0.05, 0) is 30.2 Å². The molecule has 2 amide bonds. The van der Waals surface area contributed by atoms with E-state index in [0.717, 1.165) is 16.7 Å². The van der Waals surface area contributed by atoms with Crippen LogP contribution in [0.5, 0.6) is 0 Å². The standard InChI is InChI=1S/C20H21FN2O3/c1-14-2-4-16(5-3-14)11-23-18(12-26-13-19(23)24)20(25)22-10-15-6-8-17(21)9-7-15/h2-9,18H,10-13H2,1H3,(H,22,25)/t18-/m0/s1. The Labute approximate surface area is 151 Å². The number of nitrogens with one attached hydrogen (secondary N) is 1. The predicted molar refractivity (Wildman–Crippen MR) is 94.6 cm³/mol. The molecule has 0 bridgehead atoms. The SMILES string of the molecule is Cc1ccc(CN2C(=O)COC[C@H]2C(=O)NCc2ccc(F)cc2)cc1. The first-order valence-electron chi connectivity index (χ1n) is 8.48. The van der Waals surface area contributed by atoms with Crippen LogP contribution in [0, 0.1) is 12.7 Å². The Balaban J connectivity index is 1.66. The molecule has 0 unspecified atom stereocenters. The molecule has 0 saturated carbocycles. The number of amides is 2. The van der Waals surface area contributed by atoms with Gasteiger partial charge in [0, 0.05) is 13.1 Å². The molecule has 136 valence electrons. The highest BCUT2D eigenvalue weighted by Crippen LogP contribution is 2.15. The van der Waals surface area contributed by atoms with Crippen LogP contribution >= 0.6 is 0 Å². The Morgan fingerprint density at radius 2 is 1.81 bits per heavy atom. The van der Waals surface area contributed by atoms with Crippen LogP contribution in [0.1, 0.15) is 16.7 Å². The predicted octanol–water partition coefficient (Wildman–Crippen LogP) is 2.18. The zero-order chi connectivity index (χ0) is 18.5. The number of morpholine rings is 1. The van der Waals surface area contributed by atoms with E-state index >= 15 is 0 Å². The zero-order valence-electron chi connectivity index (χ0n) is 14.6. The first-order valence-corrected chi connectivity index (χ1v) is 8.48. The van der Waals surface area contributed by atoms with Crippen LogP contribution in [0.3, 0.4) is 0 Å². The molecule has 1 atom stereocenters. The van der Waals surface area contributed by atoms with E-state index in [1.54, 1.807) is 17.0 Å². The van der Waals surface area contributed by atoms with Crippen LogP contribution in [0.2, 0.25) is 0 Å². The average molecular weight is 356 g/mol. The summed E-state index contributed by atoms with van der Waals surface area (Å²) in [5.41, 5.74) is 2.88. The van der Waals surface area contributed by atoms with Crippen molar-refractivity contribution in [3.05, 3.63) is 71.0 Å². The van der Waals surface area contributed by atoms with Crippen molar-refractivity contribution in [1.82, 2.24) is 10.2 Å². The number of halogens is 1. The second kappa shape index (κ2) is 8.10. The maximum atomic E-state index is 13.0. The van der Waals surface area contributed by atoms with Crippen molar-refractivity contribution in [2.75, 3.05) is 13.2 Å². The molecule has 0 aliphatic carbocycles. The highest BCUT2D eigenvalue weighted by Gasteiger charge is 2.33. The lowest BCUT2D eigenvalue weighted by Crippen LogP contribution is -2.55. The van der Waals surface area contributed by atoms with Gasteiger partial charge in [-0.3, -0.25) is 9.59 Å². The van der Waals surface area contributed by atoms with Crippen LogP contribution in [0.25, 0.3) is 0 Å². The fourth-order valence-electron chi connectivity index (χ4n) is 2.82. The first-order chi connectivity index (χ1) is 12.5. The van der Waals surface area contributed by atoms with Gasteiger partial charge < -0.3 is 15.0 Å². The molecule has 3 rings (SSSR count). The van der Waals surface area contributed by atoms with Crippen LogP contribution < -0.4 is 5.32 Å². The van der Waals surface area contributed by atoms with Crippen molar-refractivity contribution in [2.45, 2.75) is 26.1 Å². The van der Waals surface area contributed by atoms with Crippen molar-refractivity contribution in [2.24, 2.45) is 0 Å². The molecule has 1 fully saturated rings. The molecule has 6 heteroatoms. The van der Waals surface area contributed by atoms with Crippen molar-refractivity contribution < 1.29 is 18.7 Å². The second-order valence-electron chi connectivity index (χ2n) is 6.38. The van der Waals surface area contributed by atoms with Gasteiger partial charge in [0.1, 0.15) is 18.5 Å². The molecule has 1 saturated heterocycles. The summed E-state index contributed by atoms with van der Waals surface area (Å²) in [6.07, 6.45) is 0. The summed E-state index contributed by atoms with van der Waals surface area (Å²) in [4.78, 5) is 26.4. The average Bonchev–Trinajstić information content (AvgIpc) is 2.64. The minimum Gasteiger partial charge on any atom is -0.369 e. The number of hydrogen-bond acceptors (Lipinski definition) is 3. The number of rotatable bonds is 5. The highest BCUT2D eigenvalue weighted by molar-refractivity contribution is 5.89. The number of aryl methyl sites for hydroxylation is 1.